The second-order valence-corrected chi connectivity index (χ2v) is 9.22. The van der Waals surface area contributed by atoms with Crippen molar-refractivity contribution in [3.8, 4) is 22.6 Å². The third kappa shape index (κ3) is 3.27. The number of hydrogen-bond acceptors (Lipinski definition) is 6. The number of aliphatic hydroxyl groups excluding tert-OH is 3. The minimum Gasteiger partial charge on any atom is -0.508 e. The van der Waals surface area contributed by atoms with Crippen molar-refractivity contribution >= 4 is 0 Å². The molecule has 6 rings (SSSR count). The molecule has 1 saturated heterocycles. The number of benzene rings is 4. The van der Waals surface area contributed by atoms with Gasteiger partial charge in [0.15, 0.2) is 0 Å². The minimum absolute atomic E-state index is 0.145. The van der Waals surface area contributed by atoms with Gasteiger partial charge in [-0.1, -0.05) is 84.9 Å². The lowest BCUT2D eigenvalue weighted by atomic mass is 9.67. The van der Waals surface area contributed by atoms with Crippen molar-refractivity contribution in [1.82, 2.24) is 0 Å². The van der Waals surface area contributed by atoms with E-state index in [2.05, 4.69) is 24.3 Å². The van der Waals surface area contributed by atoms with E-state index < -0.39 is 30.0 Å². The molecule has 1 aliphatic carbocycles. The first-order valence-corrected chi connectivity index (χ1v) is 11.9. The zero-order valence-electron chi connectivity index (χ0n) is 19.4. The monoisotopic (exact) mass is 482 g/mol. The molecule has 0 spiro atoms. The van der Waals surface area contributed by atoms with E-state index in [-0.39, 0.29) is 12.4 Å². The highest BCUT2D eigenvalue weighted by Gasteiger charge is 2.49. The summed E-state index contributed by atoms with van der Waals surface area (Å²) in [4.78, 5) is 0. The zero-order chi connectivity index (χ0) is 24.9. The summed E-state index contributed by atoms with van der Waals surface area (Å²) in [6.45, 7) is -0.165. The lowest BCUT2D eigenvalue weighted by Gasteiger charge is -2.38. The Morgan fingerprint density at radius 2 is 1.17 bits per heavy atom. The summed E-state index contributed by atoms with van der Waals surface area (Å²) in [5.41, 5.74) is 4.61. The summed E-state index contributed by atoms with van der Waals surface area (Å²) in [6, 6.07) is 31.0. The first kappa shape index (κ1) is 22.8. The maximum absolute atomic E-state index is 11.2. The highest BCUT2D eigenvalue weighted by Crippen LogP contribution is 2.59. The molecule has 2 aliphatic rings. The molecule has 1 fully saturated rings. The van der Waals surface area contributed by atoms with Crippen LogP contribution in [0.1, 0.15) is 22.3 Å². The summed E-state index contributed by atoms with van der Waals surface area (Å²) in [7, 11) is 0. The van der Waals surface area contributed by atoms with E-state index >= 15 is 0 Å². The van der Waals surface area contributed by atoms with Crippen LogP contribution in [0.4, 0.5) is 0 Å². The van der Waals surface area contributed by atoms with Crippen molar-refractivity contribution in [2.45, 2.75) is 30.0 Å². The summed E-state index contributed by atoms with van der Waals surface area (Å²) < 4.78 is 11.8. The maximum Gasteiger partial charge on any atom is 0.228 e. The fourth-order valence-electron chi connectivity index (χ4n) is 5.64. The number of hydrogen-bond donors (Lipinski definition) is 4. The van der Waals surface area contributed by atoms with Gasteiger partial charge in [0.1, 0.15) is 29.8 Å². The Morgan fingerprint density at radius 3 is 1.81 bits per heavy atom. The largest absolute Gasteiger partial charge is 0.508 e. The summed E-state index contributed by atoms with van der Waals surface area (Å²) in [6.07, 6.45) is -5.21. The lowest BCUT2D eigenvalue weighted by Crippen LogP contribution is -2.54. The highest BCUT2D eigenvalue weighted by atomic mass is 16.7. The molecule has 0 aromatic heterocycles. The number of fused-ring (bicyclic) bond motifs is 3. The minimum atomic E-state index is -1.44. The summed E-state index contributed by atoms with van der Waals surface area (Å²) in [5.74, 6) is 0.575. The second kappa shape index (κ2) is 8.76. The normalized spacial score (nSPS) is 24.1. The Balaban J connectivity index is 1.62. The average Bonchev–Trinajstić information content (AvgIpc) is 3.21. The first-order chi connectivity index (χ1) is 17.5. The predicted molar refractivity (Wildman–Crippen MR) is 134 cm³/mol. The Labute approximate surface area is 208 Å². The molecule has 1 unspecified atom stereocenters. The van der Waals surface area contributed by atoms with E-state index in [9.17, 15) is 20.4 Å². The molecular weight excluding hydrogens is 456 g/mol. The standard InChI is InChI=1S/C30H26O6/c31-24-15-7-5-13-22(24)30(20-11-3-1-9-18(20)19-10-2-4-12-21(19)30)23-14-6-8-16-26(23)36-29-28(34)27(33)25(32)17-35-29/h1-16,25,27-29,31-34H,17H2/t25-,27+,28-,29?/m1/s1. The third-order valence-electron chi connectivity index (χ3n) is 7.25. The van der Waals surface area contributed by atoms with Crippen molar-refractivity contribution in [1.29, 1.82) is 0 Å². The van der Waals surface area contributed by atoms with Crippen LogP contribution in [-0.2, 0) is 10.2 Å². The molecule has 4 aromatic rings. The van der Waals surface area contributed by atoms with Gasteiger partial charge in [-0.2, -0.15) is 0 Å². The molecule has 0 saturated carbocycles. The van der Waals surface area contributed by atoms with Crippen LogP contribution in [0.2, 0.25) is 0 Å². The van der Waals surface area contributed by atoms with Crippen molar-refractivity contribution in [2.24, 2.45) is 0 Å². The Kier molecular flexibility index (Phi) is 5.54. The fraction of sp³-hybridized carbons (Fsp3) is 0.200. The zero-order valence-corrected chi connectivity index (χ0v) is 19.4. The van der Waals surface area contributed by atoms with Crippen molar-refractivity contribution in [2.75, 3.05) is 6.61 Å². The van der Waals surface area contributed by atoms with Gasteiger partial charge in [0.2, 0.25) is 6.29 Å². The molecule has 1 aliphatic heterocycles. The molecule has 4 atom stereocenters. The lowest BCUT2D eigenvalue weighted by molar-refractivity contribution is -0.242. The second-order valence-electron chi connectivity index (χ2n) is 9.22. The van der Waals surface area contributed by atoms with Gasteiger partial charge in [-0.15, -0.1) is 0 Å². The smallest absolute Gasteiger partial charge is 0.228 e. The van der Waals surface area contributed by atoms with Gasteiger partial charge in [-0.3, -0.25) is 0 Å². The van der Waals surface area contributed by atoms with Gasteiger partial charge in [-0.05, 0) is 34.4 Å². The molecule has 36 heavy (non-hydrogen) atoms. The first-order valence-electron chi connectivity index (χ1n) is 11.9. The quantitative estimate of drug-likeness (QED) is 0.313. The molecule has 4 aromatic carbocycles. The van der Waals surface area contributed by atoms with Crippen LogP contribution in [-0.4, -0.2) is 51.6 Å². The SMILES string of the molecule is Oc1ccccc1C1(c2ccccc2OC2OC[C@@H](O)[C@H](O)[C@H]2O)c2ccccc2-c2ccccc21. The molecule has 0 amide bonds. The average molecular weight is 483 g/mol. The van der Waals surface area contributed by atoms with Crippen LogP contribution < -0.4 is 4.74 Å². The van der Waals surface area contributed by atoms with Crippen LogP contribution in [0.15, 0.2) is 97.1 Å². The van der Waals surface area contributed by atoms with Crippen LogP contribution in [0.3, 0.4) is 0 Å². The molecular formula is C30H26O6. The van der Waals surface area contributed by atoms with Gasteiger partial charge in [0.25, 0.3) is 0 Å². The number of phenolic OH excluding ortho intramolecular Hbond substituents is 1. The predicted octanol–water partition coefficient (Wildman–Crippen LogP) is 3.57. The molecule has 6 nitrogen and oxygen atoms in total. The van der Waals surface area contributed by atoms with Crippen molar-refractivity contribution in [3.05, 3.63) is 119 Å². The van der Waals surface area contributed by atoms with E-state index in [0.29, 0.717) is 11.3 Å². The van der Waals surface area contributed by atoms with E-state index in [1.54, 1.807) is 18.2 Å². The Hall–Kier alpha value is -3.68. The van der Waals surface area contributed by atoms with Gasteiger partial charge in [0, 0.05) is 11.1 Å². The topological polar surface area (TPSA) is 99.4 Å². The van der Waals surface area contributed by atoms with Gasteiger partial charge in [-0.25, -0.2) is 0 Å². The fourth-order valence-corrected chi connectivity index (χ4v) is 5.64. The molecule has 0 bridgehead atoms. The van der Waals surface area contributed by atoms with Crippen LogP contribution in [0.5, 0.6) is 11.5 Å². The van der Waals surface area contributed by atoms with E-state index in [1.165, 1.54) is 0 Å². The van der Waals surface area contributed by atoms with Crippen molar-refractivity contribution in [3.63, 3.8) is 0 Å². The summed E-state index contributed by atoms with van der Waals surface area (Å²) in [5, 5.41) is 41.9. The number of rotatable bonds is 4. The number of phenols is 1. The number of ether oxygens (including phenoxy) is 2. The number of para-hydroxylation sites is 2. The van der Waals surface area contributed by atoms with Gasteiger partial charge < -0.3 is 29.9 Å². The van der Waals surface area contributed by atoms with Crippen LogP contribution >= 0.6 is 0 Å². The molecule has 182 valence electrons. The van der Waals surface area contributed by atoms with E-state index in [4.69, 9.17) is 9.47 Å². The third-order valence-corrected chi connectivity index (χ3v) is 7.25. The Morgan fingerprint density at radius 1 is 0.639 bits per heavy atom. The molecule has 6 heteroatoms. The van der Waals surface area contributed by atoms with E-state index in [1.807, 2.05) is 54.6 Å². The highest BCUT2D eigenvalue weighted by molar-refractivity contribution is 5.87. The van der Waals surface area contributed by atoms with E-state index in [0.717, 1.165) is 27.8 Å². The van der Waals surface area contributed by atoms with Crippen LogP contribution in [0.25, 0.3) is 11.1 Å². The van der Waals surface area contributed by atoms with Crippen LogP contribution in [0, 0.1) is 0 Å². The molecule has 1 heterocycles. The molecule has 0 radical (unpaired) electrons. The number of aromatic hydroxyl groups is 1. The molecule has 4 N–H and O–H groups in total. The van der Waals surface area contributed by atoms with Crippen molar-refractivity contribution < 1.29 is 29.9 Å². The number of aliphatic hydroxyl groups is 3. The van der Waals surface area contributed by atoms with Gasteiger partial charge in [0.05, 0.1) is 12.0 Å². The van der Waals surface area contributed by atoms with Gasteiger partial charge >= 0.3 is 0 Å². The summed E-state index contributed by atoms with van der Waals surface area (Å²) >= 11 is 0. The maximum atomic E-state index is 11.2. The Bertz CT molecular complexity index is 1370.